The third kappa shape index (κ3) is 36.3. The predicted octanol–water partition coefficient (Wildman–Crippen LogP) is 10.6. The zero-order valence-corrected chi connectivity index (χ0v) is 33.3. The summed E-state index contributed by atoms with van der Waals surface area (Å²) in [5.41, 5.74) is 0. The van der Waals surface area contributed by atoms with Gasteiger partial charge in [0.1, 0.15) is 19.8 Å². The van der Waals surface area contributed by atoms with Gasteiger partial charge in [-0.1, -0.05) is 142 Å². The standard InChI is InChI=1S/C39H76NO8P/c1-6-8-10-12-14-16-18-19-20-22-23-25-27-29-31-38(41)45-35-37(36-47-49(43,44)46-34-33-40(3,4)5)48-39(42)32-30-28-26-24-21-17-15-13-11-9-7-2/h13,15,37H,6-12,14,16-36H2,1-5H3/p+1/b15-13-. The normalized spacial score (nSPS) is 13.8. The number of likely N-dealkylation sites (N-methyl/N-ethyl adjacent to an activating group) is 1. The van der Waals surface area contributed by atoms with Crippen LogP contribution in [0.4, 0.5) is 0 Å². The molecule has 0 radical (unpaired) electrons. The summed E-state index contributed by atoms with van der Waals surface area (Å²) in [5, 5.41) is 0. The number of nitrogens with zero attached hydrogens (tertiary/aromatic N) is 1. The Hall–Kier alpha value is -1.25. The highest BCUT2D eigenvalue weighted by Gasteiger charge is 2.27. The number of quaternary nitrogens is 1. The van der Waals surface area contributed by atoms with Gasteiger partial charge in [-0.05, 0) is 32.1 Å². The SMILES string of the molecule is CCCC/C=C\CCCCCCCC(=O)OC(COC(=O)CCCCCCCCCCCCCCCC)COP(=O)(O)OCC[N+](C)(C)C. The molecule has 290 valence electrons. The Morgan fingerprint density at radius 1 is 0.612 bits per heavy atom. The van der Waals surface area contributed by atoms with E-state index in [9.17, 15) is 19.0 Å². The molecule has 0 aliphatic heterocycles. The lowest BCUT2D eigenvalue weighted by molar-refractivity contribution is -0.870. The summed E-state index contributed by atoms with van der Waals surface area (Å²) in [5.74, 6) is -0.805. The van der Waals surface area contributed by atoms with Crippen LogP contribution < -0.4 is 0 Å². The van der Waals surface area contributed by atoms with E-state index in [1.165, 1.54) is 83.5 Å². The number of carbonyl (C=O) groups excluding carboxylic acids is 2. The zero-order valence-electron chi connectivity index (χ0n) is 32.4. The van der Waals surface area contributed by atoms with Crippen LogP contribution in [0.3, 0.4) is 0 Å². The molecule has 2 unspecified atom stereocenters. The molecule has 0 aromatic heterocycles. The Balaban J connectivity index is 4.39. The molecular weight excluding hydrogens is 641 g/mol. The maximum Gasteiger partial charge on any atom is 0.472 e. The lowest BCUT2D eigenvalue weighted by Gasteiger charge is -2.24. The Morgan fingerprint density at radius 2 is 1.06 bits per heavy atom. The van der Waals surface area contributed by atoms with Gasteiger partial charge in [-0.2, -0.15) is 0 Å². The maximum atomic E-state index is 12.6. The molecule has 2 atom stereocenters. The fourth-order valence-electron chi connectivity index (χ4n) is 5.35. The van der Waals surface area contributed by atoms with Gasteiger partial charge in [0.2, 0.25) is 0 Å². The largest absolute Gasteiger partial charge is 0.472 e. The highest BCUT2D eigenvalue weighted by molar-refractivity contribution is 7.47. The van der Waals surface area contributed by atoms with E-state index in [1.807, 2.05) is 21.1 Å². The summed E-state index contributed by atoms with van der Waals surface area (Å²) < 4.78 is 34.2. The second-order valence-electron chi connectivity index (χ2n) is 14.7. The van der Waals surface area contributed by atoms with Crippen LogP contribution in [-0.2, 0) is 32.7 Å². The van der Waals surface area contributed by atoms with Crippen molar-refractivity contribution in [3.63, 3.8) is 0 Å². The average Bonchev–Trinajstić information content (AvgIpc) is 3.04. The topological polar surface area (TPSA) is 108 Å². The molecule has 0 aromatic carbocycles. The first-order valence-electron chi connectivity index (χ1n) is 19.9. The van der Waals surface area contributed by atoms with Crippen molar-refractivity contribution < 1.29 is 42.1 Å². The Kier molecular flexibility index (Phi) is 31.8. The van der Waals surface area contributed by atoms with E-state index >= 15 is 0 Å². The Labute approximate surface area is 301 Å². The van der Waals surface area contributed by atoms with Crippen LogP contribution in [0.5, 0.6) is 0 Å². The molecule has 9 nitrogen and oxygen atoms in total. The molecule has 0 fully saturated rings. The number of ether oxygens (including phenoxy) is 2. The summed E-state index contributed by atoms with van der Waals surface area (Å²) in [4.78, 5) is 35.2. The van der Waals surface area contributed by atoms with Crippen molar-refractivity contribution in [3.8, 4) is 0 Å². The fourth-order valence-corrected chi connectivity index (χ4v) is 6.09. The molecule has 0 saturated carbocycles. The molecule has 49 heavy (non-hydrogen) atoms. The number of allylic oxidation sites excluding steroid dienone is 2. The zero-order chi connectivity index (χ0) is 36.5. The molecule has 0 spiro atoms. The third-order valence-corrected chi connectivity index (χ3v) is 9.53. The van der Waals surface area contributed by atoms with Crippen LogP contribution in [-0.4, -0.2) is 74.9 Å². The van der Waals surface area contributed by atoms with Gasteiger partial charge in [0.05, 0.1) is 27.7 Å². The van der Waals surface area contributed by atoms with Crippen LogP contribution in [0.2, 0.25) is 0 Å². The van der Waals surface area contributed by atoms with Gasteiger partial charge in [0, 0.05) is 12.8 Å². The minimum absolute atomic E-state index is 0.0328. The Morgan fingerprint density at radius 3 is 1.57 bits per heavy atom. The molecule has 0 aromatic rings. The van der Waals surface area contributed by atoms with Crippen LogP contribution in [0.15, 0.2) is 12.2 Å². The molecule has 0 aliphatic rings. The van der Waals surface area contributed by atoms with Crippen LogP contribution in [0, 0.1) is 0 Å². The average molecular weight is 719 g/mol. The summed E-state index contributed by atoms with van der Waals surface area (Å²) in [6.07, 6.45) is 31.1. The quantitative estimate of drug-likeness (QED) is 0.0224. The summed E-state index contributed by atoms with van der Waals surface area (Å²) >= 11 is 0. The van der Waals surface area contributed by atoms with Crippen molar-refractivity contribution in [2.45, 2.75) is 180 Å². The first kappa shape index (κ1) is 47.8. The van der Waals surface area contributed by atoms with Gasteiger partial charge in [-0.15, -0.1) is 0 Å². The van der Waals surface area contributed by atoms with Gasteiger partial charge < -0.3 is 18.9 Å². The molecule has 0 rings (SSSR count). The number of hydrogen-bond donors (Lipinski definition) is 1. The van der Waals surface area contributed by atoms with Crippen molar-refractivity contribution >= 4 is 19.8 Å². The van der Waals surface area contributed by atoms with Gasteiger partial charge in [0.25, 0.3) is 0 Å². The fraction of sp³-hybridized carbons (Fsp3) is 0.897. The highest BCUT2D eigenvalue weighted by Crippen LogP contribution is 2.43. The monoisotopic (exact) mass is 719 g/mol. The highest BCUT2D eigenvalue weighted by atomic mass is 31.2. The summed E-state index contributed by atoms with van der Waals surface area (Å²) in [6.45, 7) is 4.37. The molecule has 0 heterocycles. The Bertz CT molecular complexity index is 860. The number of esters is 2. The molecule has 0 bridgehead atoms. The smallest absolute Gasteiger partial charge is 0.462 e. The number of phosphoric acid groups is 1. The number of rotatable bonds is 36. The maximum absolute atomic E-state index is 12.6. The molecule has 1 N–H and O–H groups in total. The minimum atomic E-state index is -4.36. The number of phosphoric ester groups is 1. The second-order valence-corrected chi connectivity index (χ2v) is 16.1. The van der Waals surface area contributed by atoms with Gasteiger partial charge in [0.15, 0.2) is 6.10 Å². The number of unbranched alkanes of at least 4 members (excludes halogenated alkanes) is 20. The second kappa shape index (κ2) is 32.6. The van der Waals surface area contributed by atoms with Crippen molar-refractivity contribution in [3.05, 3.63) is 12.2 Å². The molecular formula is C39H77NO8P+. The molecule has 0 aliphatic carbocycles. The van der Waals surface area contributed by atoms with Crippen molar-refractivity contribution in [2.75, 3.05) is 47.5 Å². The van der Waals surface area contributed by atoms with Crippen LogP contribution in [0.1, 0.15) is 174 Å². The lowest BCUT2D eigenvalue weighted by Crippen LogP contribution is -2.37. The van der Waals surface area contributed by atoms with Crippen molar-refractivity contribution in [1.82, 2.24) is 0 Å². The van der Waals surface area contributed by atoms with Gasteiger partial charge in [-0.3, -0.25) is 18.6 Å². The van der Waals surface area contributed by atoms with Crippen molar-refractivity contribution in [1.29, 1.82) is 0 Å². The lowest BCUT2D eigenvalue weighted by atomic mass is 10.0. The number of carbonyl (C=O) groups is 2. The van der Waals surface area contributed by atoms with E-state index in [4.69, 9.17) is 18.5 Å². The van der Waals surface area contributed by atoms with Crippen LogP contribution in [0.25, 0.3) is 0 Å². The van der Waals surface area contributed by atoms with Gasteiger partial charge in [-0.25, -0.2) is 4.57 Å². The third-order valence-electron chi connectivity index (χ3n) is 8.55. The predicted molar refractivity (Wildman–Crippen MR) is 201 cm³/mol. The van der Waals surface area contributed by atoms with E-state index in [2.05, 4.69) is 26.0 Å². The van der Waals surface area contributed by atoms with E-state index in [0.717, 1.165) is 57.8 Å². The van der Waals surface area contributed by atoms with Gasteiger partial charge >= 0.3 is 19.8 Å². The molecule has 0 saturated heterocycles. The first-order valence-corrected chi connectivity index (χ1v) is 21.4. The van der Waals surface area contributed by atoms with E-state index in [0.29, 0.717) is 23.9 Å². The first-order chi connectivity index (χ1) is 23.5. The van der Waals surface area contributed by atoms with Crippen LogP contribution >= 0.6 is 7.82 Å². The van der Waals surface area contributed by atoms with E-state index in [1.54, 1.807) is 0 Å². The molecule has 0 amide bonds. The molecule has 10 heteroatoms. The van der Waals surface area contributed by atoms with E-state index in [-0.39, 0.29) is 25.6 Å². The number of hydrogen-bond acceptors (Lipinski definition) is 7. The van der Waals surface area contributed by atoms with Crippen molar-refractivity contribution in [2.24, 2.45) is 0 Å². The van der Waals surface area contributed by atoms with E-state index < -0.39 is 26.5 Å². The summed E-state index contributed by atoms with van der Waals surface area (Å²) in [6, 6.07) is 0. The minimum Gasteiger partial charge on any atom is -0.462 e. The summed E-state index contributed by atoms with van der Waals surface area (Å²) in [7, 11) is 1.48.